The van der Waals surface area contributed by atoms with Crippen molar-refractivity contribution in [2.45, 2.75) is 89.6 Å². The van der Waals surface area contributed by atoms with Crippen LogP contribution >= 0.6 is 23.2 Å². The molecule has 0 aromatic carbocycles. The molecule has 0 radical (unpaired) electrons. The van der Waals surface area contributed by atoms with E-state index in [9.17, 15) is 0 Å². The summed E-state index contributed by atoms with van der Waals surface area (Å²) in [4.78, 5) is 0. The summed E-state index contributed by atoms with van der Waals surface area (Å²) in [5, 5.41) is 0. The molecule has 0 saturated carbocycles. The van der Waals surface area contributed by atoms with Gasteiger partial charge < -0.3 is 4.12 Å². The molecule has 128 valence electrons. The fourth-order valence-corrected chi connectivity index (χ4v) is 12.2. The van der Waals surface area contributed by atoms with Crippen LogP contribution in [0.1, 0.15) is 51.4 Å². The second-order valence-corrected chi connectivity index (χ2v) is 16.9. The predicted octanol–water partition coefficient (Wildman–Crippen LogP) is 7.01. The number of alkyl halides is 2. The molecular formula is C16H36Cl2OSi2. The zero-order valence-corrected chi connectivity index (χ0v) is 18.2. The Balaban J connectivity index is 3.87. The van der Waals surface area contributed by atoms with Crippen LogP contribution in [0.3, 0.4) is 0 Å². The van der Waals surface area contributed by atoms with Gasteiger partial charge in [-0.25, -0.2) is 0 Å². The summed E-state index contributed by atoms with van der Waals surface area (Å²) in [7, 11) is -2.93. The van der Waals surface area contributed by atoms with E-state index in [1.54, 1.807) is 0 Å². The molecule has 0 aliphatic rings. The highest BCUT2D eigenvalue weighted by Gasteiger charge is 2.31. The average Bonchev–Trinajstić information content (AvgIpc) is 2.36. The van der Waals surface area contributed by atoms with Gasteiger partial charge in [0.15, 0.2) is 16.6 Å². The zero-order valence-electron chi connectivity index (χ0n) is 14.6. The van der Waals surface area contributed by atoms with E-state index in [0.29, 0.717) is 0 Å². The van der Waals surface area contributed by atoms with Crippen LogP contribution in [-0.4, -0.2) is 28.4 Å². The summed E-state index contributed by atoms with van der Waals surface area (Å²) in [6.07, 6.45) is 10.1. The van der Waals surface area contributed by atoms with Crippen molar-refractivity contribution >= 4 is 39.8 Å². The molecule has 0 fully saturated rings. The SMILES string of the molecule is C[Si](C)(CCCCCCCl)O[Si](C)(C)CCCCCCCl. The lowest BCUT2D eigenvalue weighted by molar-refractivity contribution is 0.523. The lowest BCUT2D eigenvalue weighted by Crippen LogP contribution is -2.44. The second-order valence-electron chi connectivity index (χ2n) is 7.33. The molecule has 1 nitrogen and oxygen atoms in total. The first-order valence-corrected chi connectivity index (χ1v) is 15.9. The first kappa shape index (κ1) is 22.0. The minimum Gasteiger partial charge on any atom is -0.455 e. The van der Waals surface area contributed by atoms with Crippen molar-refractivity contribution in [1.29, 1.82) is 0 Å². The van der Waals surface area contributed by atoms with Crippen molar-refractivity contribution in [3.05, 3.63) is 0 Å². The van der Waals surface area contributed by atoms with Crippen molar-refractivity contribution in [2.75, 3.05) is 11.8 Å². The van der Waals surface area contributed by atoms with E-state index in [2.05, 4.69) is 26.2 Å². The fraction of sp³-hybridized carbons (Fsp3) is 1.00. The molecule has 0 aromatic heterocycles. The van der Waals surface area contributed by atoms with Gasteiger partial charge in [-0.3, -0.25) is 0 Å². The van der Waals surface area contributed by atoms with Crippen LogP contribution in [0, 0.1) is 0 Å². The van der Waals surface area contributed by atoms with Gasteiger partial charge >= 0.3 is 0 Å². The number of halogens is 2. The van der Waals surface area contributed by atoms with Crippen molar-refractivity contribution in [1.82, 2.24) is 0 Å². The molecule has 0 N–H and O–H groups in total. The first-order valence-electron chi connectivity index (χ1n) is 8.65. The second kappa shape index (κ2) is 12.4. The van der Waals surface area contributed by atoms with Crippen molar-refractivity contribution in [3.8, 4) is 0 Å². The lowest BCUT2D eigenvalue weighted by Gasteiger charge is -2.34. The molecule has 21 heavy (non-hydrogen) atoms. The largest absolute Gasteiger partial charge is 0.455 e. The minimum absolute atomic E-state index is 0.807. The van der Waals surface area contributed by atoms with Crippen LogP contribution in [0.4, 0.5) is 0 Å². The van der Waals surface area contributed by atoms with E-state index in [1.165, 1.54) is 50.6 Å². The summed E-state index contributed by atoms with van der Waals surface area (Å²) in [6.45, 7) is 9.60. The highest BCUT2D eigenvalue weighted by atomic mass is 35.5. The van der Waals surface area contributed by atoms with Gasteiger partial charge in [0.25, 0.3) is 0 Å². The van der Waals surface area contributed by atoms with E-state index in [4.69, 9.17) is 27.3 Å². The Morgan fingerprint density at radius 1 is 0.571 bits per heavy atom. The fourth-order valence-electron chi connectivity index (χ4n) is 2.85. The molecule has 0 saturated heterocycles. The third-order valence-electron chi connectivity index (χ3n) is 3.88. The van der Waals surface area contributed by atoms with Gasteiger partial charge in [-0.05, 0) is 51.1 Å². The monoisotopic (exact) mass is 370 g/mol. The van der Waals surface area contributed by atoms with Gasteiger partial charge in [0.2, 0.25) is 0 Å². The van der Waals surface area contributed by atoms with Gasteiger partial charge in [0.05, 0.1) is 0 Å². The predicted molar refractivity (Wildman–Crippen MR) is 104 cm³/mol. The lowest BCUT2D eigenvalue weighted by atomic mass is 10.2. The van der Waals surface area contributed by atoms with E-state index >= 15 is 0 Å². The van der Waals surface area contributed by atoms with Gasteiger partial charge in [-0.15, -0.1) is 23.2 Å². The number of hydrogen-bond acceptors (Lipinski definition) is 1. The maximum absolute atomic E-state index is 6.66. The summed E-state index contributed by atoms with van der Waals surface area (Å²) < 4.78 is 6.66. The van der Waals surface area contributed by atoms with Crippen LogP contribution < -0.4 is 0 Å². The highest BCUT2D eigenvalue weighted by Crippen LogP contribution is 2.25. The van der Waals surface area contributed by atoms with Gasteiger partial charge in [-0.2, -0.15) is 0 Å². The highest BCUT2D eigenvalue weighted by molar-refractivity contribution is 6.84. The van der Waals surface area contributed by atoms with E-state index < -0.39 is 16.6 Å². The third kappa shape index (κ3) is 14.3. The summed E-state index contributed by atoms with van der Waals surface area (Å²) in [5.74, 6) is 1.61. The normalized spacial score (nSPS) is 12.9. The number of rotatable bonds is 14. The third-order valence-corrected chi connectivity index (χ3v) is 11.9. The molecule has 0 unspecified atom stereocenters. The Hall–Kier alpha value is 0.974. The molecule has 0 spiro atoms. The maximum Gasteiger partial charge on any atom is 0.173 e. The van der Waals surface area contributed by atoms with E-state index in [1.807, 2.05) is 0 Å². The average molecular weight is 372 g/mol. The first-order chi connectivity index (χ1) is 9.83. The van der Waals surface area contributed by atoms with Crippen LogP contribution in [0.25, 0.3) is 0 Å². The number of unbranched alkanes of at least 4 members (excludes halogenated alkanes) is 6. The molecule has 0 atom stereocenters. The van der Waals surface area contributed by atoms with Crippen LogP contribution in [0.15, 0.2) is 0 Å². The topological polar surface area (TPSA) is 9.23 Å². The minimum atomic E-state index is -1.47. The van der Waals surface area contributed by atoms with Crippen LogP contribution in [0.2, 0.25) is 38.3 Å². The zero-order chi connectivity index (χ0) is 16.2. The maximum atomic E-state index is 6.66. The van der Waals surface area contributed by atoms with Crippen LogP contribution in [-0.2, 0) is 4.12 Å². The Bertz CT molecular complexity index is 224. The van der Waals surface area contributed by atoms with Gasteiger partial charge in [-0.1, -0.05) is 38.5 Å². The quantitative estimate of drug-likeness (QED) is 0.181. The molecular weight excluding hydrogens is 335 g/mol. The molecule has 0 aromatic rings. The van der Waals surface area contributed by atoms with Gasteiger partial charge in [0.1, 0.15) is 0 Å². The van der Waals surface area contributed by atoms with E-state index in [0.717, 1.165) is 24.6 Å². The molecule has 5 heteroatoms. The molecule has 0 heterocycles. The molecule has 0 rings (SSSR count). The summed E-state index contributed by atoms with van der Waals surface area (Å²) >= 11 is 11.4. The van der Waals surface area contributed by atoms with Crippen molar-refractivity contribution in [2.24, 2.45) is 0 Å². The molecule has 0 aliphatic carbocycles. The standard InChI is InChI=1S/C16H36Cl2OSi2/c1-20(2,15-11-7-5-9-13-17)19-21(3,4)16-12-8-6-10-14-18/h5-16H2,1-4H3. The summed E-state index contributed by atoms with van der Waals surface area (Å²) in [6, 6.07) is 2.61. The number of hydrogen-bond donors (Lipinski definition) is 0. The van der Waals surface area contributed by atoms with Crippen molar-refractivity contribution < 1.29 is 4.12 Å². The molecule has 0 bridgehead atoms. The van der Waals surface area contributed by atoms with Crippen LogP contribution in [0.5, 0.6) is 0 Å². The smallest absolute Gasteiger partial charge is 0.173 e. The van der Waals surface area contributed by atoms with E-state index in [-0.39, 0.29) is 0 Å². The summed E-state index contributed by atoms with van der Waals surface area (Å²) in [5.41, 5.74) is 0. The Kier molecular flexibility index (Phi) is 13.0. The van der Waals surface area contributed by atoms with Crippen molar-refractivity contribution in [3.63, 3.8) is 0 Å². The Labute approximate surface area is 145 Å². The molecule has 0 aliphatic heterocycles. The molecule has 0 amide bonds. The van der Waals surface area contributed by atoms with Gasteiger partial charge in [0, 0.05) is 11.8 Å². The Morgan fingerprint density at radius 2 is 0.905 bits per heavy atom. The Morgan fingerprint density at radius 3 is 1.24 bits per heavy atom.